The van der Waals surface area contributed by atoms with Crippen molar-refractivity contribution in [3.63, 3.8) is 0 Å². The lowest BCUT2D eigenvalue weighted by atomic mass is 10.1. The van der Waals surface area contributed by atoms with Crippen molar-refractivity contribution in [2.24, 2.45) is 0 Å². The molecule has 1 heterocycles. The summed E-state index contributed by atoms with van der Waals surface area (Å²) < 4.78 is 5.27. The van der Waals surface area contributed by atoms with E-state index in [9.17, 15) is 14.4 Å². The molecule has 0 bridgehead atoms. The number of carbonyl (C=O) groups excluding carboxylic acids is 3. The molecule has 1 atom stereocenters. The Bertz CT molecular complexity index is 914. The van der Waals surface area contributed by atoms with Crippen LogP contribution < -0.4 is 15.5 Å². The Labute approximate surface area is 167 Å². The van der Waals surface area contributed by atoms with Crippen molar-refractivity contribution >= 4 is 46.4 Å². The second-order valence-electron chi connectivity index (χ2n) is 6.50. The molecule has 0 aromatic heterocycles. The highest BCUT2D eigenvalue weighted by Gasteiger charge is 2.22. The van der Waals surface area contributed by atoms with Crippen LogP contribution in [0.15, 0.2) is 42.5 Å². The third-order valence-corrected chi connectivity index (χ3v) is 4.61. The van der Waals surface area contributed by atoms with Crippen LogP contribution in [-0.4, -0.2) is 37.5 Å². The second-order valence-corrected chi connectivity index (χ2v) is 6.93. The van der Waals surface area contributed by atoms with Crippen LogP contribution in [0, 0.1) is 0 Å². The maximum Gasteiger partial charge on any atom is 0.338 e. The first-order valence-corrected chi connectivity index (χ1v) is 9.14. The van der Waals surface area contributed by atoms with Crippen molar-refractivity contribution < 1.29 is 19.1 Å². The van der Waals surface area contributed by atoms with Crippen LogP contribution in [0.2, 0.25) is 5.02 Å². The Morgan fingerprint density at radius 2 is 1.93 bits per heavy atom. The van der Waals surface area contributed by atoms with Gasteiger partial charge < -0.3 is 20.3 Å². The predicted octanol–water partition coefficient (Wildman–Crippen LogP) is 3.30. The third-order valence-electron chi connectivity index (χ3n) is 4.36. The van der Waals surface area contributed by atoms with Gasteiger partial charge in [-0.05, 0) is 49.4 Å². The summed E-state index contributed by atoms with van der Waals surface area (Å²) in [6.45, 7) is 2.08. The lowest BCUT2D eigenvalue weighted by Crippen LogP contribution is -2.30. The Morgan fingerprint density at radius 1 is 1.21 bits per heavy atom. The van der Waals surface area contributed by atoms with Gasteiger partial charge in [0.15, 0.2) is 6.10 Å². The highest BCUT2D eigenvalue weighted by molar-refractivity contribution is 6.30. The smallest absolute Gasteiger partial charge is 0.338 e. The Kier molecular flexibility index (Phi) is 5.84. The monoisotopic (exact) mass is 401 g/mol. The molecule has 2 aromatic rings. The summed E-state index contributed by atoms with van der Waals surface area (Å²) >= 11 is 5.81. The van der Waals surface area contributed by atoms with Crippen LogP contribution in [0.25, 0.3) is 0 Å². The van der Waals surface area contributed by atoms with Gasteiger partial charge in [-0.3, -0.25) is 9.59 Å². The van der Waals surface area contributed by atoms with Crippen molar-refractivity contribution in [3.05, 3.63) is 53.1 Å². The van der Waals surface area contributed by atoms with Gasteiger partial charge in [0, 0.05) is 30.7 Å². The number of fused-ring (bicyclic) bond motifs is 1. The summed E-state index contributed by atoms with van der Waals surface area (Å²) in [5.74, 6) is -1.23. The molecule has 0 saturated carbocycles. The Morgan fingerprint density at radius 3 is 2.64 bits per heavy atom. The zero-order valence-corrected chi connectivity index (χ0v) is 16.2. The van der Waals surface area contributed by atoms with Crippen LogP contribution >= 0.6 is 11.6 Å². The fraction of sp³-hybridized carbons (Fsp3) is 0.250. The molecule has 1 aliphatic heterocycles. The average Bonchev–Trinajstić information content (AvgIpc) is 2.81. The van der Waals surface area contributed by atoms with Crippen LogP contribution in [0.4, 0.5) is 17.1 Å². The molecule has 2 amide bonds. The number of hydrogen-bond donors (Lipinski definition) is 2. The van der Waals surface area contributed by atoms with Crippen molar-refractivity contribution in [1.82, 2.24) is 0 Å². The summed E-state index contributed by atoms with van der Waals surface area (Å²) in [6.07, 6.45) is -0.633. The molecule has 28 heavy (non-hydrogen) atoms. The summed E-state index contributed by atoms with van der Waals surface area (Å²) in [7, 11) is 1.88. The number of nitrogens with one attached hydrogen (secondary N) is 2. The van der Waals surface area contributed by atoms with Crippen molar-refractivity contribution in [2.45, 2.75) is 19.4 Å². The minimum absolute atomic E-state index is 0.119. The molecule has 0 aliphatic carbocycles. The molecule has 3 rings (SSSR count). The van der Waals surface area contributed by atoms with Gasteiger partial charge in [0.05, 0.1) is 16.9 Å². The van der Waals surface area contributed by atoms with E-state index < -0.39 is 18.0 Å². The largest absolute Gasteiger partial charge is 0.449 e. The lowest BCUT2D eigenvalue weighted by molar-refractivity contribution is -0.123. The first-order chi connectivity index (χ1) is 13.3. The number of ether oxygens (including phenoxy) is 1. The molecule has 2 N–H and O–H groups in total. The molecule has 1 aliphatic rings. The summed E-state index contributed by atoms with van der Waals surface area (Å²) in [5.41, 5.74) is 2.15. The maximum atomic E-state index is 12.4. The molecule has 146 valence electrons. The number of halogens is 1. The van der Waals surface area contributed by atoms with Gasteiger partial charge in [0.1, 0.15) is 0 Å². The van der Waals surface area contributed by atoms with Gasteiger partial charge in [-0.1, -0.05) is 11.6 Å². The van der Waals surface area contributed by atoms with E-state index in [4.69, 9.17) is 16.3 Å². The maximum absolute atomic E-state index is 12.4. The summed E-state index contributed by atoms with van der Waals surface area (Å²) in [4.78, 5) is 38.4. The van der Waals surface area contributed by atoms with E-state index in [1.807, 2.05) is 11.9 Å². The first-order valence-electron chi connectivity index (χ1n) is 8.76. The molecule has 0 saturated heterocycles. The number of benzene rings is 2. The van der Waals surface area contributed by atoms with E-state index in [0.717, 1.165) is 5.69 Å². The van der Waals surface area contributed by atoms with Gasteiger partial charge in [0.2, 0.25) is 5.91 Å². The minimum atomic E-state index is -1.00. The van der Waals surface area contributed by atoms with Gasteiger partial charge in [0.25, 0.3) is 5.91 Å². The van der Waals surface area contributed by atoms with Crippen LogP contribution in [0.5, 0.6) is 0 Å². The number of anilines is 3. The molecule has 8 heteroatoms. The number of amides is 2. The lowest BCUT2D eigenvalue weighted by Gasteiger charge is -2.19. The number of rotatable bonds is 4. The van der Waals surface area contributed by atoms with Gasteiger partial charge in [-0.15, -0.1) is 0 Å². The fourth-order valence-corrected chi connectivity index (χ4v) is 2.88. The number of hydrogen-bond acceptors (Lipinski definition) is 5. The Balaban J connectivity index is 1.67. The minimum Gasteiger partial charge on any atom is -0.449 e. The van der Waals surface area contributed by atoms with Crippen molar-refractivity contribution in [2.75, 3.05) is 29.1 Å². The molecule has 0 fully saturated rings. The van der Waals surface area contributed by atoms with Crippen LogP contribution in [0.1, 0.15) is 23.7 Å². The normalized spacial score (nSPS) is 14.4. The predicted molar refractivity (Wildman–Crippen MR) is 108 cm³/mol. The quantitative estimate of drug-likeness (QED) is 0.767. The summed E-state index contributed by atoms with van der Waals surface area (Å²) in [6, 6.07) is 11.5. The van der Waals surface area contributed by atoms with E-state index in [1.54, 1.807) is 42.5 Å². The number of nitrogens with zero attached hydrogens (tertiary/aromatic N) is 1. The highest BCUT2D eigenvalue weighted by atomic mass is 35.5. The van der Waals surface area contributed by atoms with Crippen LogP contribution in [-0.2, 0) is 14.3 Å². The van der Waals surface area contributed by atoms with Gasteiger partial charge >= 0.3 is 5.97 Å². The average molecular weight is 402 g/mol. The van der Waals surface area contributed by atoms with E-state index >= 15 is 0 Å². The Hall–Kier alpha value is -3.06. The molecule has 0 spiro atoms. The van der Waals surface area contributed by atoms with Crippen molar-refractivity contribution in [1.29, 1.82) is 0 Å². The van der Waals surface area contributed by atoms with E-state index in [2.05, 4.69) is 10.6 Å². The molecule has 1 unspecified atom stereocenters. The molecule has 0 radical (unpaired) electrons. The zero-order chi connectivity index (χ0) is 20.3. The summed E-state index contributed by atoms with van der Waals surface area (Å²) in [5, 5.41) is 5.99. The second kappa shape index (κ2) is 8.31. The molecular formula is C20H20ClN3O4. The molecular weight excluding hydrogens is 382 g/mol. The van der Waals surface area contributed by atoms with Gasteiger partial charge in [-0.2, -0.15) is 0 Å². The third kappa shape index (κ3) is 4.61. The number of esters is 1. The standard InChI is InChI=1S/C20H20ClN3O4/c1-12(19(26)22-15-6-4-14(21)5-7-15)28-20(27)13-3-8-17-16(11-13)23-18(25)9-10-24(17)2/h3-8,11-12H,9-10H2,1-2H3,(H,22,26)(H,23,25). The number of carbonyl (C=O) groups is 3. The highest BCUT2D eigenvalue weighted by Crippen LogP contribution is 2.29. The van der Waals surface area contributed by atoms with Gasteiger partial charge in [-0.25, -0.2) is 4.79 Å². The SMILES string of the molecule is CC(OC(=O)c1ccc2c(c1)NC(=O)CCN2C)C(=O)Nc1ccc(Cl)cc1. The van der Waals surface area contributed by atoms with E-state index in [0.29, 0.717) is 29.4 Å². The fourth-order valence-electron chi connectivity index (χ4n) is 2.76. The van der Waals surface area contributed by atoms with Crippen LogP contribution in [0.3, 0.4) is 0 Å². The zero-order valence-electron chi connectivity index (χ0n) is 15.5. The van der Waals surface area contributed by atoms with E-state index in [1.165, 1.54) is 6.92 Å². The molecule has 7 nitrogen and oxygen atoms in total. The van der Waals surface area contributed by atoms with Crippen molar-refractivity contribution in [3.8, 4) is 0 Å². The topological polar surface area (TPSA) is 87.7 Å². The first kappa shape index (κ1) is 19.7. The molecule has 2 aromatic carbocycles. The van der Waals surface area contributed by atoms with E-state index in [-0.39, 0.29) is 11.5 Å².